The number of nitrogens with zero attached hydrogens (tertiary/aromatic N) is 4. The Balaban J connectivity index is 2.03. The Morgan fingerprint density at radius 2 is 2.04 bits per heavy atom. The van der Waals surface area contributed by atoms with E-state index in [2.05, 4.69) is 28.8 Å². The molecule has 0 atom stereocenters. The van der Waals surface area contributed by atoms with E-state index in [0.717, 1.165) is 33.3 Å². The zero-order valence-corrected chi connectivity index (χ0v) is 13.5. The standard InChI is InChI=1S/C16H15ClN6/c1-8(2)23-16-13(15(18)19-7-20-16)14(22-23)12-5-9-3-4-10(17)6-11(9)21-12/h3-8,21H,1-2H3,(H2,18,19,20). The first kappa shape index (κ1) is 14.0. The molecule has 0 saturated heterocycles. The Hall–Kier alpha value is -2.60. The average molecular weight is 327 g/mol. The van der Waals surface area contributed by atoms with E-state index >= 15 is 0 Å². The Morgan fingerprint density at radius 1 is 1.22 bits per heavy atom. The monoisotopic (exact) mass is 326 g/mol. The Morgan fingerprint density at radius 3 is 2.83 bits per heavy atom. The van der Waals surface area contributed by atoms with Gasteiger partial charge < -0.3 is 10.7 Å². The largest absolute Gasteiger partial charge is 0.383 e. The van der Waals surface area contributed by atoms with E-state index < -0.39 is 0 Å². The second-order valence-corrected chi connectivity index (χ2v) is 6.20. The fourth-order valence-corrected chi connectivity index (χ4v) is 2.94. The smallest absolute Gasteiger partial charge is 0.164 e. The van der Waals surface area contributed by atoms with E-state index in [4.69, 9.17) is 22.4 Å². The van der Waals surface area contributed by atoms with Gasteiger partial charge in [0.25, 0.3) is 0 Å². The molecule has 7 heteroatoms. The van der Waals surface area contributed by atoms with Gasteiger partial charge in [-0.15, -0.1) is 0 Å². The van der Waals surface area contributed by atoms with E-state index in [1.165, 1.54) is 6.33 Å². The lowest BCUT2D eigenvalue weighted by atomic mass is 10.2. The van der Waals surface area contributed by atoms with Gasteiger partial charge in [0.2, 0.25) is 0 Å². The lowest BCUT2D eigenvalue weighted by Crippen LogP contribution is -2.04. The molecule has 3 heterocycles. The molecule has 23 heavy (non-hydrogen) atoms. The summed E-state index contributed by atoms with van der Waals surface area (Å²) in [5.74, 6) is 0.425. The van der Waals surface area contributed by atoms with Crippen molar-refractivity contribution in [3.63, 3.8) is 0 Å². The lowest BCUT2D eigenvalue weighted by Gasteiger charge is -2.05. The van der Waals surface area contributed by atoms with Crippen LogP contribution in [0.5, 0.6) is 0 Å². The van der Waals surface area contributed by atoms with E-state index in [1.54, 1.807) is 0 Å². The van der Waals surface area contributed by atoms with Gasteiger partial charge in [-0.1, -0.05) is 17.7 Å². The fraction of sp³-hybridized carbons (Fsp3) is 0.188. The van der Waals surface area contributed by atoms with Crippen molar-refractivity contribution >= 4 is 39.4 Å². The summed E-state index contributed by atoms with van der Waals surface area (Å²) in [5, 5.41) is 7.22. The van der Waals surface area contributed by atoms with Gasteiger partial charge in [0, 0.05) is 22.0 Å². The number of aromatic nitrogens is 5. The first-order valence-electron chi connectivity index (χ1n) is 7.32. The molecule has 0 unspecified atom stereocenters. The number of hydrogen-bond acceptors (Lipinski definition) is 4. The van der Waals surface area contributed by atoms with Gasteiger partial charge in [0.05, 0.1) is 11.1 Å². The number of fused-ring (bicyclic) bond motifs is 2. The van der Waals surface area contributed by atoms with E-state index in [9.17, 15) is 0 Å². The van der Waals surface area contributed by atoms with Crippen molar-refractivity contribution in [2.24, 2.45) is 0 Å². The van der Waals surface area contributed by atoms with Crippen molar-refractivity contribution in [2.45, 2.75) is 19.9 Å². The third-order valence-corrected chi connectivity index (χ3v) is 4.08. The third kappa shape index (κ3) is 2.14. The van der Waals surface area contributed by atoms with Crippen LogP contribution in [0, 0.1) is 0 Å². The van der Waals surface area contributed by atoms with Gasteiger partial charge >= 0.3 is 0 Å². The number of halogens is 1. The maximum absolute atomic E-state index is 6.09. The van der Waals surface area contributed by atoms with Crippen LogP contribution in [0.15, 0.2) is 30.6 Å². The molecule has 0 aliphatic rings. The van der Waals surface area contributed by atoms with E-state index in [1.807, 2.05) is 28.9 Å². The second kappa shape index (κ2) is 4.96. The molecule has 0 aliphatic heterocycles. The molecular formula is C16H15ClN6. The highest BCUT2D eigenvalue weighted by Gasteiger charge is 2.19. The molecule has 116 valence electrons. The average Bonchev–Trinajstić information content (AvgIpc) is 3.08. The number of nitrogens with two attached hydrogens (primary N) is 1. The molecule has 4 aromatic rings. The van der Waals surface area contributed by atoms with Gasteiger partial charge in [0.1, 0.15) is 17.8 Å². The minimum atomic E-state index is 0.166. The van der Waals surface area contributed by atoms with Crippen LogP contribution in [0.1, 0.15) is 19.9 Å². The third-order valence-electron chi connectivity index (χ3n) is 3.85. The molecule has 1 aromatic carbocycles. The molecule has 3 aromatic heterocycles. The normalized spacial score (nSPS) is 11.8. The highest BCUT2D eigenvalue weighted by molar-refractivity contribution is 6.31. The summed E-state index contributed by atoms with van der Waals surface area (Å²) in [7, 11) is 0. The van der Waals surface area contributed by atoms with Crippen LogP contribution < -0.4 is 5.73 Å². The summed E-state index contributed by atoms with van der Waals surface area (Å²) in [6.07, 6.45) is 1.47. The molecule has 4 rings (SSSR count). The molecule has 0 saturated carbocycles. The number of H-pyrrole nitrogens is 1. The molecule has 0 fully saturated rings. The highest BCUT2D eigenvalue weighted by atomic mass is 35.5. The summed E-state index contributed by atoms with van der Waals surface area (Å²) >= 11 is 6.06. The Bertz CT molecular complexity index is 1030. The maximum atomic E-state index is 6.09. The Kier molecular flexibility index (Phi) is 3.02. The topological polar surface area (TPSA) is 85.4 Å². The summed E-state index contributed by atoms with van der Waals surface area (Å²) in [5.41, 5.74) is 9.39. The summed E-state index contributed by atoms with van der Waals surface area (Å²) < 4.78 is 1.86. The van der Waals surface area contributed by atoms with Crippen molar-refractivity contribution in [1.29, 1.82) is 0 Å². The van der Waals surface area contributed by atoms with Crippen LogP contribution in [0.2, 0.25) is 5.02 Å². The van der Waals surface area contributed by atoms with Crippen LogP contribution in [0.4, 0.5) is 5.82 Å². The number of hydrogen-bond donors (Lipinski definition) is 2. The Labute approximate surface area is 137 Å². The number of benzene rings is 1. The molecule has 0 spiro atoms. The van der Waals surface area contributed by atoms with Crippen molar-refractivity contribution in [3.8, 4) is 11.4 Å². The molecule has 0 aliphatic carbocycles. The highest BCUT2D eigenvalue weighted by Crippen LogP contribution is 2.33. The fourth-order valence-electron chi connectivity index (χ4n) is 2.77. The molecule has 0 amide bonds. The molecule has 3 N–H and O–H groups in total. The van der Waals surface area contributed by atoms with Crippen molar-refractivity contribution in [3.05, 3.63) is 35.6 Å². The molecule has 0 radical (unpaired) electrons. The van der Waals surface area contributed by atoms with Crippen molar-refractivity contribution in [1.82, 2.24) is 24.7 Å². The van der Waals surface area contributed by atoms with Crippen LogP contribution in [0.25, 0.3) is 33.3 Å². The first-order chi connectivity index (χ1) is 11.0. The SMILES string of the molecule is CC(C)n1nc(-c2cc3ccc(Cl)cc3[nH]2)c2c(N)ncnc21. The maximum Gasteiger partial charge on any atom is 0.164 e. The lowest BCUT2D eigenvalue weighted by molar-refractivity contribution is 0.547. The van der Waals surface area contributed by atoms with Crippen LogP contribution in [-0.2, 0) is 0 Å². The minimum absolute atomic E-state index is 0.166. The molecule has 0 bridgehead atoms. The predicted molar refractivity (Wildman–Crippen MR) is 92.4 cm³/mol. The van der Waals surface area contributed by atoms with Crippen LogP contribution in [0.3, 0.4) is 0 Å². The van der Waals surface area contributed by atoms with Gasteiger partial charge in [-0.2, -0.15) is 5.10 Å². The van der Waals surface area contributed by atoms with Gasteiger partial charge in [-0.05, 0) is 32.0 Å². The first-order valence-corrected chi connectivity index (χ1v) is 7.69. The number of rotatable bonds is 2. The van der Waals surface area contributed by atoms with Crippen molar-refractivity contribution in [2.75, 3.05) is 5.73 Å². The predicted octanol–water partition coefficient (Wildman–Crippen LogP) is 3.79. The van der Waals surface area contributed by atoms with Gasteiger partial charge in [0.15, 0.2) is 5.65 Å². The zero-order chi connectivity index (χ0) is 16.1. The minimum Gasteiger partial charge on any atom is -0.383 e. The summed E-state index contributed by atoms with van der Waals surface area (Å²) in [6, 6.07) is 7.93. The quantitative estimate of drug-likeness (QED) is 0.587. The summed E-state index contributed by atoms with van der Waals surface area (Å²) in [4.78, 5) is 11.8. The molecule has 6 nitrogen and oxygen atoms in total. The van der Waals surface area contributed by atoms with Crippen LogP contribution in [-0.4, -0.2) is 24.7 Å². The summed E-state index contributed by atoms with van der Waals surface area (Å²) in [6.45, 7) is 4.11. The number of nitrogens with one attached hydrogen (secondary N) is 1. The number of anilines is 1. The van der Waals surface area contributed by atoms with E-state index in [-0.39, 0.29) is 6.04 Å². The molecular weight excluding hydrogens is 312 g/mol. The van der Waals surface area contributed by atoms with Crippen LogP contribution >= 0.6 is 11.6 Å². The number of nitrogen functional groups attached to an aromatic ring is 1. The van der Waals surface area contributed by atoms with Gasteiger partial charge in [-0.3, -0.25) is 0 Å². The van der Waals surface area contributed by atoms with Crippen molar-refractivity contribution < 1.29 is 0 Å². The zero-order valence-electron chi connectivity index (χ0n) is 12.7. The second-order valence-electron chi connectivity index (χ2n) is 5.76. The van der Waals surface area contributed by atoms with E-state index in [0.29, 0.717) is 10.8 Å². The van der Waals surface area contributed by atoms with Gasteiger partial charge in [-0.25, -0.2) is 14.6 Å². The number of aromatic amines is 1.